The molecule has 1 aromatic heterocycles. The van der Waals surface area contributed by atoms with Crippen molar-refractivity contribution in [1.29, 1.82) is 0 Å². The van der Waals surface area contributed by atoms with Gasteiger partial charge in [-0.1, -0.05) is 48.0 Å². The molecule has 0 amide bonds. The van der Waals surface area contributed by atoms with Crippen molar-refractivity contribution in [2.45, 2.75) is 20.4 Å². The molecule has 4 aromatic rings. The van der Waals surface area contributed by atoms with Crippen molar-refractivity contribution >= 4 is 23.2 Å². The van der Waals surface area contributed by atoms with Gasteiger partial charge in [0.25, 0.3) is 0 Å². The van der Waals surface area contributed by atoms with E-state index in [-0.39, 0.29) is 0 Å². The van der Waals surface area contributed by atoms with E-state index in [4.69, 9.17) is 14.5 Å². The van der Waals surface area contributed by atoms with Gasteiger partial charge in [-0.2, -0.15) is 0 Å². The summed E-state index contributed by atoms with van der Waals surface area (Å²) in [5.41, 5.74) is 5.59. The normalized spacial score (nSPS) is 11.3. The monoisotopic (exact) mass is 398 g/mol. The summed E-state index contributed by atoms with van der Waals surface area (Å²) in [6.07, 6.45) is 4.13. The maximum Gasteiger partial charge on any atom is 0.133 e. The molecule has 0 radical (unpaired) electrons. The van der Waals surface area contributed by atoms with Gasteiger partial charge in [0, 0.05) is 0 Å². The molecule has 0 N–H and O–H groups in total. The molecule has 0 fully saturated rings. The number of imidazole rings is 1. The smallest absolute Gasteiger partial charge is 0.133 e. The molecule has 0 unspecified atom stereocenters. The molecule has 3 aromatic carbocycles. The zero-order chi connectivity index (χ0) is 20.9. The zero-order valence-electron chi connectivity index (χ0n) is 17.6. The van der Waals surface area contributed by atoms with Gasteiger partial charge >= 0.3 is 0 Å². The number of aryl methyl sites for hydroxylation is 2. The van der Waals surface area contributed by atoms with Crippen molar-refractivity contribution in [3.63, 3.8) is 0 Å². The van der Waals surface area contributed by atoms with Gasteiger partial charge in [-0.3, -0.25) is 0 Å². The number of nitrogens with zero attached hydrogens (tertiary/aromatic N) is 2. The van der Waals surface area contributed by atoms with Crippen molar-refractivity contribution < 1.29 is 9.47 Å². The molecule has 0 spiro atoms. The Hall–Kier alpha value is -3.53. The van der Waals surface area contributed by atoms with Crippen LogP contribution < -0.4 is 9.47 Å². The van der Waals surface area contributed by atoms with Gasteiger partial charge in [0.1, 0.15) is 23.9 Å². The van der Waals surface area contributed by atoms with Crippen LogP contribution in [0.4, 0.5) is 0 Å². The topological polar surface area (TPSA) is 36.3 Å². The van der Waals surface area contributed by atoms with Gasteiger partial charge in [-0.15, -0.1) is 0 Å². The van der Waals surface area contributed by atoms with E-state index >= 15 is 0 Å². The standard InChI is InChI=1S/C26H26N2O2/c1-19-8-14-25(20(2)18-19)30-17-16-28-24-7-5-4-6-23(24)27-26(28)15-11-21-9-12-22(29-3)13-10-21/h4-15,18H,16-17H2,1-3H3/b15-11+. The highest BCUT2D eigenvalue weighted by Gasteiger charge is 2.09. The first-order chi connectivity index (χ1) is 14.6. The Morgan fingerprint density at radius 3 is 2.50 bits per heavy atom. The Morgan fingerprint density at radius 2 is 1.73 bits per heavy atom. The maximum atomic E-state index is 6.07. The molecule has 0 bridgehead atoms. The van der Waals surface area contributed by atoms with Gasteiger partial charge in [-0.25, -0.2) is 4.98 Å². The third-order valence-corrected chi connectivity index (χ3v) is 5.13. The van der Waals surface area contributed by atoms with Crippen LogP contribution in [0.15, 0.2) is 66.7 Å². The van der Waals surface area contributed by atoms with Crippen molar-refractivity contribution in [2.24, 2.45) is 0 Å². The van der Waals surface area contributed by atoms with Gasteiger partial charge in [0.05, 0.1) is 24.7 Å². The van der Waals surface area contributed by atoms with Gasteiger partial charge in [-0.05, 0) is 61.4 Å². The third kappa shape index (κ3) is 4.38. The van der Waals surface area contributed by atoms with E-state index in [0.717, 1.165) is 46.0 Å². The minimum Gasteiger partial charge on any atom is -0.497 e. The molecule has 0 aliphatic heterocycles. The SMILES string of the molecule is COc1ccc(/C=C/c2nc3ccccc3n2CCOc2ccc(C)cc2C)cc1. The fraction of sp³-hybridized carbons (Fsp3) is 0.192. The molecule has 152 valence electrons. The lowest BCUT2D eigenvalue weighted by Gasteiger charge is -2.12. The fourth-order valence-electron chi connectivity index (χ4n) is 3.55. The van der Waals surface area contributed by atoms with Crippen LogP contribution in [0.5, 0.6) is 11.5 Å². The highest BCUT2D eigenvalue weighted by molar-refractivity contribution is 5.79. The summed E-state index contributed by atoms with van der Waals surface area (Å²) in [6.45, 7) is 5.47. The van der Waals surface area contributed by atoms with Crippen LogP contribution in [0.1, 0.15) is 22.5 Å². The molecular formula is C26H26N2O2. The van der Waals surface area contributed by atoms with Crippen LogP contribution in [-0.2, 0) is 6.54 Å². The average molecular weight is 399 g/mol. The fourth-order valence-corrected chi connectivity index (χ4v) is 3.55. The van der Waals surface area contributed by atoms with E-state index in [1.807, 2.05) is 48.5 Å². The molecule has 1 heterocycles. The highest BCUT2D eigenvalue weighted by Crippen LogP contribution is 2.21. The van der Waals surface area contributed by atoms with Crippen LogP contribution in [-0.4, -0.2) is 23.3 Å². The number of aromatic nitrogens is 2. The van der Waals surface area contributed by atoms with E-state index in [0.29, 0.717) is 6.61 Å². The van der Waals surface area contributed by atoms with Crippen LogP contribution in [0, 0.1) is 13.8 Å². The summed E-state index contributed by atoms with van der Waals surface area (Å²) in [6, 6.07) is 22.5. The lowest BCUT2D eigenvalue weighted by Crippen LogP contribution is -2.10. The first-order valence-electron chi connectivity index (χ1n) is 10.1. The number of fused-ring (bicyclic) bond motifs is 1. The maximum absolute atomic E-state index is 6.07. The molecule has 0 aliphatic rings. The molecule has 0 atom stereocenters. The molecule has 0 aliphatic carbocycles. The first kappa shape index (κ1) is 19.8. The second-order valence-corrected chi connectivity index (χ2v) is 7.33. The molecular weight excluding hydrogens is 372 g/mol. The van der Waals surface area contributed by atoms with Crippen molar-refractivity contribution in [1.82, 2.24) is 9.55 Å². The summed E-state index contributed by atoms with van der Waals surface area (Å²) in [7, 11) is 1.67. The van der Waals surface area contributed by atoms with E-state index in [9.17, 15) is 0 Å². The first-order valence-corrected chi connectivity index (χ1v) is 10.1. The van der Waals surface area contributed by atoms with Crippen molar-refractivity contribution in [3.8, 4) is 11.5 Å². The Labute approximate surface area is 177 Å². The van der Waals surface area contributed by atoms with Crippen LogP contribution in [0.25, 0.3) is 23.2 Å². The van der Waals surface area contributed by atoms with Gasteiger partial charge < -0.3 is 14.0 Å². The number of para-hydroxylation sites is 2. The van der Waals surface area contributed by atoms with Crippen molar-refractivity contribution in [3.05, 3.63) is 89.2 Å². The number of hydrogen-bond acceptors (Lipinski definition) is 3. The van der Waals surface area contributed by atoms with Crippen LogP contribution in [0.3, 0.4) is 0 Å². The average Bonchev–Trinajstić information content (AvgIpc) is 3.12. The van der Waals surface area contributed by atoms with Gasteiger partial charge in [0.15, 0.2) is 0 Å². The lowest BCUT2D eigenvalue weighted by molar-refractivity contribution is 0.298. The number of ether oxygens (including phenoxy) is 2. The number of benzene rings is 3. The number of methoxy groups -OCH3 is 1. The largest absolute Gasteiger partial charge is 0.497 e. The summed E-state index contributed by atoms with van der Waals surface area (Å²) >= 11 is 0. The number of hydrogen-bond donors (Lipinski definition) is 0. The summed E-state index contributed by atoms with van der Waals surface area (Å²) < 4.78 is 13.5. The van der Waals surface area contributed by atoms with Crippen molar-refractivity contribution in [2.75, 3.05) is 13.7 Å². The Balaban J connectivity index is 1.55. The predicted octanol–water partition coefficient (Wildman–Crippen LogP) is 5.91. The Kier molecular flexibility index (Phi) is 5.84. The number of rotatable bonds is 7. The zero-order valence-corrected chi connectivity index (χ0v) is 17.6. The van der Waals surface area contributed by atoms with Crippen LogP contribution >= 0.6 is 0 Å². The van der Waals surface area contributed by atoms with Gasteiger partial charge in [0.2, 0.25) is 0 Å². The molecule has 4 rings (SSSR count). The molecule has 30 heavy (non-hydrogen) atoms. The second-order valence-electron chi connectivity index (χ2n) is 7.33. The quantitative estimate of drug-likeness (QED) is 0.388. The summed E-state index contributed by atoms with van der Waals surface area (Å²) in [4.78, 5) is 4.81. The highest BCUT2D eigenvalue weighted by atomic mass is 16.5. The Morgan fingerprint density at radius 1 is 0.933 bits per heavy atom. The summed E-state index contributed by atoms with van der Waals surface area (Å²) in [5.74, 6) is 2.69. The summed E-state index contributed by atoms with van der Waals surface area (Å²) in [5, 5.41) is 0. The minimum absolute atomic E-state index is 0.577. The van der Waals surface area contributed by atoms with E-state index in [1.165, 1.54) is 5.56 Å². The second kappa shape index (κ2) is 8.87. The molecule has 4 heteroatoms. The van der Waals surface area contributed by atoms with Crippen LogP contribution in [0.2, 0.25) is 0 Å². The lowest BCUT2D eigenvalue weighted by atomic mass is 10.1. The third-order valence-electron chi connectivity index (χ3n) is 5.13. The predicted molar refractivity (Wildman–Crippen MR) is 123 cm³/mol. The molecule has 0 saturated heterocycles. The Bertz CT molecular complexity index is 1170. The van der Waals surface area contributed by atoms with E-state index in [2.05, 4.69) is 48.8 Å². The molecule has 0 saturated carbocycles. The van der Waals surface area contributed by atoms with E-state index in [1.54, 1.807) is 7.11 Å². The molecule has 4 nitrogen and oxygen atoms in total. The minimum atomic E-state index is 0.577. The van der Waals surface area contributed by atoms with E-state index < -0.39 is 0 Å².